The van der Waals surface area contributed by atoms with Gasteiger partial charge in [-0.15, -0.1) is 0 Å². The molecule has 35 heavy (non-hydrogen) atoms. The summed E-state index contributed by atoms with van der Waals surface area (Å²) in [5.74, 6) is 1.83. The number of methoxy groups -OCH3 is 1. The maximum atomic E-state index is 10.6. The van der Waals surface area contributed by atoms with Gasteiger partial charge in [0.25, 0.3) is 0 Å². The van der Waals surface area contributed by atoms with Crippen LogP contribution in [0.2, 0.25) is 5.02 Å². The number of aryl methyl sites for hydroxylation is 1. The number of nitrogens with zero attached hydrogens (tertiary/aromatic N) is 3. The Hall–Kier alpha value is -2.58. The van der Waals surface area contributed by atoms with E-state index in [0.717, 1.165) is 29.9 Å². The number of hydrogen-bond donors (Lipinski definition) is 1. The number of benzene rings is 2. The first-order valence-electron chi connectivity index (χ1n) is 12.0. The Labute approximate surface area is 213 Å². The van der Waals surface area contributed by atoms with Gasteiger partial charge < -0.3 is 19.3 Å². The van der Waals surface area contributed by atoms with Crippen LogP contribution >= 0.6 is 11.6 Å². The van der Waals surface area contributed by atoms with E-state index in [1.54, 1.807) is 11.8 Å². The SMILES string of the molecule is CCCN(Cc1c(C)nn(-c2ccc(Cl)cc2)c1Oc1ccccc1OC)C[C@@H](O)COC(C)C. The van der Waals surface area contributed by atoms with E-state index in [4.69, 9.17) is 30.9 Å². The van der Waals surface area contributed by atoms with Crippen LogP contribution in [0.5, 0.6) is 17.4 Å². The van der Waals surface area contributed by atoms with E-state index in [1.165, 1.54) is 0 Å². The van der Waals surface area contributed by atoms with Gasteiger partial charge in [0.05, 0.1) is 42.9 Å². The number of aliphatic hydroxyl groups is 1. The van der Waals surface area contributed by atoms with E-state index in [1.807, 2.05) is 69.3 Å². The van der Waals surface area contributed by atoms with Crippen LogP contribution in [0.4, 0.5) is 0 Å². The van der Waals surface area contributed by atoms with Gasteiger partial charge in [-0.3, -0.25) is 4.90 Å². The van der Waals surface area contributed by atoms with Gasteiger partial charge in [0, 0.05) is 18.1 Å². The summed E-state index contributed by atoms with van der Waals surface area (Å²) in [5, 5.41) is 16.0. The van der Waals surface area contributed by atoms with Crippen LogP contribution in [-0.2, 0) is 11.3 Å². The monoisotopic (exact) mass is 501 g/mol. The van der Waals surface area contributed by atoms with Crippen molar-refractivity contribution >= 4 is 11.6 Å². The van der Waals surface area contributed by atoms with Crippen LogP contribution < -0.4 is 9.47 Å². The van der Waals surface area contributed by atoms with Crippen LogP contribution in [0.15, 0.2) is 48.5 Å². The van der Waals surface area contributed by atoms with E-state index in [-0.39, 0.29) is 6.10 Å². The van der Waals surface area contributed by atoms with E-state index in [2.05, 4.69) is 11.8 Å². The molecule has 8 heteroatoms. The summed E-state index contributed by atoms with van der Waals surface area (Å²) in [6.45, 7) is 10.2. The first-order valence-corrected chi connectivity index (χ1v) is 12.4. The lowest BCUT2D eigenvalue weighted by molar-refractivity contribution is -0.00957. The summed E-state index contributed by atoms with van der Waals surface area (Å²) in [7, 11) is 1.62. The molecule has 3 aromatic rings. The Balaban J connectivity index is 1.98. The fraction of sp³-hybridized carbons (Fsp3) is 0.444. The fourth-order valence-corrected chi connectivity index (χ4v) is 3.94. The van der Waals surface area contributed by atoms with E-state index < -0.39 is 6.10 Å². The minimum Gasteiger partial charge on any atom is -0.493 e. The van der Waals surface area contributed by atoms with E-state index >= 15 is 0 Å². The third kappa shape index (κ3) is 7.45. The molecule has 2 aromatic carbocycles. The standard InChI is InChI=1S/C27H36ClN3O4/c1-6-15-30(16-23(32)18-34-19(2)3)17-24-20(4)29-31(22-13-11-21(28)12-14-22)27(24)35-26-10-8-7-9-25(26)33-5/h7-14,19,23,32H,6,15-18H2,1-5H3/t23-/m1/s1. The molecule has 7 nitrogen and oxygen atoms in total. The lowest BCUT2D eigenvalue weighted by Crippen LogP contribution is -2.35. The van der Waals surface area contributed by atoms with Crippen molar-refractivity contribution in [3.8, 4) is 23.1 Å². The highest BCUT2D eigenvalue weighted by atomic mass is 35.5. The summed E-state index contributed by atoms with van der Waals surface area (Å²) in [4.78, 5) is 2.21. The Morgan fingerprint density at radius 2 is 1.77 bits per heavy atom. The van der Waals surface area contributed by atoms with Crippen molar-refractivity contribution in [3.05, 3.63) is 64.8 Å². The molecule has 0 aliphatic heterocycles. The normalized spacial score (nSPS) is 12.4. The number of ether oxygens (including phenoxy) is 3. The fourth-order valence-electron chi connectivity index (χ4n) is 3.82. The number of para-hydroxylation sites is 2. The van der Waals surface area contributed by atoms with E-state index in [9.17, 15) is 5.11 Å². The number of rotatable bonds is 13. The molecule has 190 valence electrons. The van der Waals surface area contributed by atoms with Gasteiger partial charge in [0.15, 0.2) is 11.5 Å². The Bertz CT molecular complexity index is 1070. The van der Waals surface area contributed by atoms with Gasteiger partial charge in [-0.25, -0.2) is 4.68 Å². The molecular weight excluding hydrogens is 466 g/mol. The third-order valence-corrected chi connectivity index (χ3v) is 5.75. The van der Waals surface area contributed by atoms with Gasteiger partial charge in [0.1, 0.15) is 0 Å². The molecule has 0 unspecified atom stereocenters. The van der Waals surface area contributed by atoms with Crippen LogP contribution in [0.3, 0.4) is 0 Å². The average molecular weight is 502 g/mol. The van der Waals surface area contributed by atoms with Crippen molar-refractivity contribution in [2.24, 2.45) is 0 Å². The second kappa shape index (κ2) is 12.9. The molecule has 1 aromatic heterocycles. The van der Waals surface area contributed by atoms with Gasteiger partial charge >= 0.3 is 0 Å². The maximum Gasteiger partial charge on any atom is 0.227 e. The molecular formula is C27H36ClN3O4. The Morgan fingerprint density at radius 1 is 1.09 bits per heavy atom. The minimum absolute atomic E-state index is 0.0741. The van der Waals surface area contributed by atoms with Gasteiger partial charge in [-0.1, -0.05) is 30.7 Å². The van der Waals surface area contributed by atoms with Crippen molar-refractivity contribution in [1.29, 1.82) is 0 Å². The van der Waals surface area contributed by atoms with Gasteiger partial charge in [-0.2, -0.15) is 5.10 Å². The molecule has 0 saturated heterocycles. The zero-order valence-corrected chi connectivity index (χ0v) is 22.0. The molecule has 0 spiro atoms. The summed E-state index contributed by atoms with van der Waals surface area (Å²) in [6, 6.07) is 15.0. The predicted octanol–water partition coefficient (Wildman–Crippen LogP) is 5.63. The summed E-state index contributed by atoms with van der Waals surface area (Å²) in [6.07, 6.45) is 0.435. The molecule has 0 aliphatic rings. The second-order valence-electron chi connectivity index (χ2n) is 8.78. The minimum atomic E-state index is -0.589. The molecule has 0 saturated carbocycles. The second-order valence-corrected chi connectivity index (χ2v) is 9.22. The van der Waals surface area contributed by atoms with Gasteiger partial charge in [-0.05, 0) is 70.1 Å². The van der Waals surface area contributed by atoms with Crippen molar-refractivity contribution in [2.75, 3.05) is 26.8 Å². The number of halogens is 1. The number of aliphatic hydroxyl groups excluding tert-OH is 1. The van der Waals surface area contributed by atoms with Crippen LogP contribution in [0.1, 0.15) is 38.4 Å². The molecule has 0 aliphatic carbocycles. The molecule has 3 rings (SSSR count). The summed E-state index contributed by atoms with van der Waals surface area (Å²) in [5.41, 5.74) is 2.62. The number of aromatic nitrogens is 2. The number of hydrogen-bond acceptors (Lipinski definition) is 6. The zero-order valence-electron chi connectivity index (χ0n) is 21.2. The highest BCUT2D eigenvalue weighted by Crippen LogP contribution is 2.36. The largest absolute Gasteiger partial charge is 0.493 e. The first kappa shape index (κ1) is 27.0. The van der Waals surface area contributed by atoms with Crippen molar-refractivity contribution in [2.45, 2.75) is 52.9 Å². The van der Waals surface area contributed by atoms with Gasteiger partial charge in [0.2, 0.25) is 5.88 Å². The molecule has 0 amide bonds. The van der Waals surface area contributed by atoms with Crippen LogP contribution in [-0.4, -0.2) is 58.8 Å². The first-order chi connectivity index (χ1) is 16.8. The highest BCUT2D eigenvalue weighted by Gasteiger charge is 2.23. The lowest BCUT2D eigenvalue weighted by atomic mass is 10.2. The molecule has 0 fully saturated rings. The van der Waals surface area contributed by atoms with Crippen molar-refractivity contribution in [1.82, 2.24) is 14.7 Å². The highest BCUT2D eigenvalue weighted by molar-refractivity contribution is 6.30. The third-order valence-electron chi connectivity index (χ3n) is 5.50. The van der Waals surface area contributed by atoms with Crippen LogP contribution in [0.25, 0.3) is 5.69 Å². The molecule has 0 bridgehead atoms. The average Bonchev–Trinajstić information content (AvgIpc) is 3.13. The molecule has 1 atom stereocenters. The van der Waals surface area contributed by atoms with E-state index in [0.29, 0.717) is 42.1 Å². The predicted molar refractivity (Wildman–Crippen MR) is 139 cm³/mol. The van der Waals surface area contributed by atoms with Crippen LogP contribution in [0, 0.1) is 6.92 Å². The topological polar surface area (TPSA) is 69.0 Å². The summed E-state index contributed by atoms with van der Waals surface area (Å²) < 4.78 is 19.4. The van der Waals surface area contributed by atoms with Crippen molar-refractivity contribution in [3.63, 3.8) is 0 Å². The smallest absolute Gasteiger partial charge is 0.227 e. The maximum absolute atomic E-state index is 10.6. The Kier molecular flexibility index (Phi) is 9.98. The zero-order chi connectivity index (χ0) is 25.4. The Morgan fingerprint density at radius 3 is 2.40 bits per heavy atom. The summed E-state index contributed by atoms with van der Waals surface area (Å²) >= 11 is 6.12. The molecule has 1 N–H and O–H groups in total. The lowest BCUT2D eigenvalue weighted by Gasteiger charge is -2.25. The van der Waals surface area contributed by atoms with Crippen molar-refractivity contribution < 1.29 is 19.3 Å². The molecule has 1 heterocycles. The molecule has 0 radical (unpaired) electrons. The quantitative estimate of drug-likeness (QED) is 0.327.